The Hall–Kier alpha value is -1.28. The highest BCUT2D eigenvalue weighted by molar-refractivity contribution is 5.81. The molecule has 1 aliphatic carbocycles. The molecule has 1 N–H and O–H groups in total. The van der Waals surface area contributed by atoms with Gasteiger partial charge in [0.2, 0.25) is 0 Å². The lowest BCUT2D eigenvalue weighted by atomic mass is 9.89. The predicted octanol–water partition coefficient (Wildman–Crippen LogP) is 4.44. The molecule has 1 aromatic carbocycles. The van der Waals surface area contributed by atoms with Crippen molar-refractivity contribution in [3.63, 3.8) is 0 Å². The van der Waals surface area contributed by atoms with Crippen LogP contribution in [0.4, 0.5) is 0 Å². The van der Waals surface area contributed by atoms with Gasteiger partial charge in [0.15, 0.2) is 0 Å². The van der Waals surface area contributed by atoms with E-state index in [1.54, 1.807) is 0 Å². The second-order valence-electron chi connectivity index (χ2n) is 5.98. The van der Waals surface area contributed by atoms with Crippen molar-refractivity contribution in [1.29, 1.82) is 0 Å². The maximum Gasteiger partial charge on any atom is 0.137 e. The molecular formula is C17H23NO. The maximum atomic E-state index is 6.15. The SMILES string of the molecule is CNC(c1cc2cccc(C)c2o1)C1CCCC1C. The quantitative estimate of drug-likeness (QED) is 0.879. The van der Waals surface area contributed by atoms with Gasteiger partial charge in [-0.25, -0.2) is 0 Å². The highest BCUT2D eigenvalue weighted by atomic mass is 16.3. The van der Waals surface area contributed by atoms with Crippen LogP contribution < -0.4 is 5.32 Å². The monoisotopic (exact) mass is 257 g/mol. The van der Waals surface area contributed by atoms with Gasteiger partial charge in [0.1, 0.15) is 11.3 Å². The Labute approximate surface area is 115 Å². The molecule has 2 nitrogen and oxygen atoms in total. The first-order valence-corrected chi connectivity index (χ1v) is 7.37. The van der Waals surface area contributed by atoms with E-state index in [4.69, 9.17) is 4.42 Å². The number of benzene rings is 1. The molecule has 1 heterocycles. The summed E-state index contributed by atoms with van der Waals surface area (Å²) in [5.41, 5.74) is 2.27. The van der Waals surface area contributed by atoms with Gasteiger partial charge in [0.05, 0.1) is 6.04 Å². The number of fused-ring (bicyclic) bond motifs is 1. The predicted molar refractivity (Wildman–Crippen MR) is 79.3 cm³/mol. The molecule has 0 saturated heterocycles. The van der Waals surface area contributed by atoms with Crippen LogP contribution in [0, 0.1) is 18.8 Å². The van der Waals surface area contributed by atoms with Crippen LogP contribution in [0.1, 0.15) is 43.6 Å². The smallest absolute Gasteiger partial charge is 0.137 e. The van der Waals surface area contributed by atoms with Crippen LogP contribution in [0.5, 0.6) is 0 Å². The minimum absolute atomic E-state index is 0.351. The van der Waals surface area contributed by atoms with Crippen LogP contribution in [0.15, 0.2) is 28.7 Å². The Kier molecular flexibility index (Phi) is 3.36. The average molecular weight is 257 g/mol. The van der Waals surface area contributed by atoms with Gasteiger partial charge in [-0.05, 0) is 43.9 Å². The largest absolute Gasteiger partial charge is 0.459 e. The van der Waals surface area contributed by atoms with E-state index in [2.05, 4.69) is 50.5 Å². The molecule has 19 heavy (non-hydrogen) atoms. The van der Waals surface area contributed by atoms with Gasteiger partial charge in [-0.1, -0.05) is 38.0 Å². The lowest BCUT2D eigenvalue weighted by molar-refractivity contribution is 0.282. The molecule has 3 atom stereocenters. The standard InChI is InChI=1S/C17H23NO/c1-11-6-5-9-14(11)16(18-3)15-10-13-8-4-7-12(2)17(13)19-15/h4,7-8,10-11,14,16,18H,5-6,9H2,1-3H3. The lowest BCUT2D eigenvalue weighted by Crippen LogP contribution is -2.26. The van der Waals surface area contributed by atoms with E-state index in [0.29, 0.717) is 12.0 Å². The minimum Gasteiger partial charge on any atom is -0.459 e. The van der Waals surface area contributed by atoms with Crippen molar-refractivity contribution in [3.05, 3.63) is 35.6 Å². The van der Waals surface area contributed by atoms with E-state index in [1.807, 2.05) is 0 Å². The summed E-state index contributed by atoms with van der Waals surface area (Å²) in [5.74, 6) is 2.59. The summed E-state index contributed by atoms with van der Waals surface area (Å²) in [6.45, 7) is 4.48. The van der Waals surface area contributed by atoms with Crippen molar-refractivity contribution in [2.75, 3.05) is 7.05 Å². The van der Waals surface area contributed by atoms with Gasteiger partial charge in [0, 0.05) is 5.39 Å². The average Bonchev–Trinajstić information content (AvgIpc) is 2.99. The number of furan rings is 1. The number of rotatable bonds is 3. The summed E-state index contributed by atoms with van der Waals surface area (Å²) in [6, 6.07) is 8.92. The van der Waals surface area contributed by atoms with Crippen molar-refractivity contribution in [3.8, 4) is 0 Å². The molecule has 1 aromatic heterocycles. The molecule has 1 saturated carbocycles. The molecule has 0 radical (unpaired) electrons. The van der Waals surface area contributed by atoms with Crippen molar-refractivity contribution in [2.24, 2.45) is 11.8 Å². The van der Waals surface area contributed by atoms with Crippen molar-refractivity contribution >= 4 is 11.0 Å². The second-order valence-corrected chi connectivity index (χ2v) is 5.98. The molecular weight excluding hydrogens is 234 g/mol. The van der Waals surface area contributed by atoms with Gasteiger partial charge >= 0.3 is 0 Å². The summed E-state index contributed by atoms with van der Waals surface area (Å²) in [4.78, 5) is 0. The highest BCUT2D eigenvalue weighted by Gasteiger charge is 2.32. The molecule has 3 unspecified atom stereocenters. The number of hydrogen-bond acceptors (Lipinski definition) is 2. The Morgan fingerprint density at radius 2 is 2.16 bits per heavy atom. The van der Waals surface area contributed by atoms with Crippen LogP contribution in [-0.4, -0.2) is 7.05 Å². The molecule has 0 bridgehead atoms. The van der Waals surface area contributed by atoms with Crippen LogP contribution in [0.3, 0.4) is 0 Å². The van der Waals surface area contributed by atoms with E-state index in [-0.39, 0.29) is 0 Å². The number of nitrogens with one attached hydrogen (secondary N) is 1. The summed E-state index contributed by atoms with van der Waals surface area (Å²) in [5, 5.41) is 4.70. The first-order valence-electron chi connectivity index (χ1n) is 7.37. The first-order chi connectivity index (χ1) is 9.20. The van der Waals surface area contributed by atoms with Crippen LogP contribution in [0.2, 0.25) is 0 Å². The Balaban J connectivity index is 1.99. The second kappa shape index (κ2) is 5.01. The third kappa shape index (κ3) is 2.18. The van der Waals surface area contributed by atoms with Crippen LogP contribution in [0.25, 0.3) is 11.0 Å². The number of hydrogen-bond donors (Lipinski definition) is 1. The van der Waals surface area contributed by atoms with E-state index >= 15 is 0 Å². The zero-order valence-corrected chi connectivity index (χ0v) is 12.1. The fourth-order valence-electron chi connectivity index (χ4n) is 3.62. The molecule has 1 fully saturated rings. The summed E-state index contributed by atoms with van der Waals surface area (Å²) < 4.78 is 6.15. The van der Waals surface area contributed by atoms with E-state index in [0.717, 1.165) is 17.3 Å². The zero-order chi connectivity index (χ0) is 13.4. The molecule has 0 amide bonds. The van der Waals surface area contributed by atoms with Crippen LogP contribution in [-0.2, 0) is 0 Å². The van der Waals surface area contributed by atoms with Gasteiger partial charge in [0.25, 0.3) is 0 Å². The summed E-state index contributed by atoms with van der Waals surface area (Å²) in [7, 11) is 2.05. The minimum atomic E-state index is 0.351. The molecule has 0 spiro atoms. The third-order valence-corrected chi connectivity index (χ3v) is 4.73. The fraction of sp³-hybridized carbons (Fsp3) is 0.529. The highest BCUT2D eigenvalue weighted by Crippen LogP contribution is 2.41. The van der Waals surface area contributed by atoms with Crippen molar-refractivity contribution in [2.45, 2.75) is 39.2 Å². The molecule has 2 aromatic rings. The topological polar surface area (TPSA) is 25.2 Å². The Morgan fingerprint density at radius 3 is 2.79 bits per heavy atom. The molecule has 3 rings (SSSR count). The molecule has 102 valence electrons. The molecule has 2 heteroatoms. The Bertz CT molecular complexity index is 572. The maximum absolute atomic E-state index is 6.15. The van der Waals surface area contributed by atoms with E-state index < -0.39 is 0 Å². The first kappa shape index (κ1) is 12.7. The number of aryl methyl sites for hydroxylation is 1. The third-order valence-electron chi connectivity index (χ3n) is 4.73. The van der Waals surface area contributed by atoms with Gasteiger partial charge in [-0.2, -0.15) is 0 Å². The van der Waals surface area contributed by atoms with E-state index in [1.165, 1.54) is 30.2 Å². The van der Waals surface area contributed by atoms with Gasteiger partial charge in [-0.3, -0.25) is 0 Å². The summed E-state index contributed by atoms with van der Waals surface area (Å²) >= 11 is 0. The molecule has 0 aliphatic heterocycles. The molecule has 1 aliphatic rings. The van der Waals surface area contributed by atoms with Crippen molar-refractivity contribution < 1.29 is 4.42 Å². The Morgan fingerprint density at radius 1 is 1.32 bits per heavy atom. The van der Waals surface area contributed by atoms with Crippen molar-refractivity contribution in [1.82, 2.24) is 5.32 Å². The van der Waals surface area contributed by atoms with Gasteiger partial charge in [-0.15, -0.1) is 0 Å². The summed E-state index contributed by atoms with van der Waals surface area (Å²) in [6.07, 6.45) is 4.01. The normalized spacial score (nSPS) is 25.0. The van der Waals surface area contributed by atoms with Gasteiger partial charge < -0.3 is 9.73 Å². The lowest BCUT2D eigenvalue weighted by Gasteiger charge is -2.24. The van der Waals surface area contributed by atoms with E-state index in [9.17, 15) is 0 Å². The zero-order valence-electron chi connectivity index (χ0n) is 12.1. The van der Waals surface area contributed by atoms with Crippen LogP contribution >= 0.6 is 0 Å². The fourth-order valence-corrected chi connectivity index (χ4v) is 3.62. The number of para-hydroxylation sites is 1.